The lowest BCUT2D eigenvalue weighted by Crippen LogP contribution is -2.18. The molecule has 0 saturated carbocycles. The van der Waals surface area contributed by atoms with E-state index in [0.717, 1.165) is 40.2 Å². The van der Waals surface area contributed by atoms with Gasteiger partial charge in [-0.25, -0.2) is 4.98 Å². The van der Waals surface area contributed by atoms with Gasteiger partial charge in [0.05, 0.1) is 7.11 Å². The minimum atomic E-state index is 0.0302. The Morgan fingerprint density at radius 1 is 1.04 bits per heavy atom. The van der Waals surface area contributed by atoms with Crippen molar-refractivity contribution >= 4 is 5.65 Å². The Bertz CT molecular complexity index is 1140. The Labute approximate surface area is 157 Å². The van der Waals surface area contributed by atoms with E-state index in [1.54, 1.807) is 18.7 Å². The minimum Gasteiger partial charge on any atom is -0.497 e. The molecule has 0 atom stereocenters. The van der Waals surface area contributed by atoms with E-state index in [2.05, 4.69) is 27.7 Å². The second-order valence-electron chi connectivity index (χ2n) is 6.75. The van der Waals surface area contributed by atoms with Gasteiger partial charge in [0.1, 0.15) is 11.4 Å². The average molecular weight is 359 g/mol. The predicted molar refractivity (Wildman–Crippen MR) is 106 cm³/mol. The van der Waals surface area contributed by atoms with E-state index in [4.69, 9.17) is 4.74 Å². The molecule has 1 aromatic carbocycles. The van der Waals surface area contributed by atoms with Gasteiger partial charge in [0.2, 0.25) is 0 Å². The molecule has 4 rings (SSSR count). The highest BCUT2D eigenvalue weighted by molar-refractivity contribution is 5.64. The molecule has 3 aromatic heterocycles. The van der Waals surface area contributed by atoms with Crippen molar-refractivity contribution in [2.45, 2.75) is 13.3 Å². The number of hydrogen-bond donors (Lipinski definition) is 0. The van der Waals surface area contributed by atoms with Gasteiger partial charge in [-0.05, 0) is 53.9 Å². The third-order valence-corrected chi connectivity index (χ3v) is 4.82. The number of ether oxygens (including phenoxy) is 1. The summed E-state index contributed by atoms with van der Waals surface area (Å²) in [6, 6.07) is 14.1. The highest BCUT2D eigenvalue weighted by Gasteiger charge is 2.08. The standard InChI is InChI=1S/C22H21N3O2/c1-15-10-18(13-24(2)22(15)26)17-6-9-21-23-12-19(25(21)14-17)11-16-4-7-20(27-3)8-5-16/h4-10,12-14H,11H2,1-3H3. The molecule has 0 saturated heterocycles. The number of imidazole rings is 1. The first-order valence-corrected chi connectivity index (χ1v) is 8.82. The van der Waals surface area contributed by atoms with Gasteiger partial charge in [0, 0.05) is 43.3 Å². The number of nitrogens with zero attached hydrogens (tertiary/aromatic N) is 3. The Morgan fingerprint density at radius 2 is 1.81 bits per heavy atom. The van der Waals surface area contributed by atoms with Crippen LogP contribution in [0.5, 0.6) is 5.75 Å². The number of hydrogen-bond acceptors (Lipinski definition) is 3. The summed E-state index contributed by atoms with van der Waals surface area (Å²) >= 11 is 0. The number of pyridine rings is 2. The van der Waals surface area contributed by atoms with Crippen LogP contribution in [0.4, 0.5) is 0 Å². The summed E-state index contributed by atoms with van der Waals surface area (Å²) in [5.74, 6) is 0.851. The van der Waals surface area contributed by atoms with Gasteiger partial charge >= 0.3 is 0 Å². The lowest BCUT2D eigenvalue weighted by molar-refractivity contribution is 0.414. The van der Waals surface area contributed by atoms with Gasteiger partial charge in [-0.2, -0.15) is 0 Å². The van der Waals surface area contributed by atoms with E-state index in [1.807, 2.05) is 49.6 Å². The first kappa shape index (κ1) is 17.1. The average Bonchev–Trinajstić information content (AvgIpc) is 3.08. The molecule has 0 amide bonds. The normalized spacial score (nSPS) is 11.1. The van der Waals surface area contributed by atoms with Gasteiger partial charge in [-0.3, -0.25) is 4.79 Å². The molecule has 136 valence electrons. The van der Waals surface area contributed by atoms with Crippen molar-refractivity contribution in [3.05, 3.63) is 88.2 Å². The zero-order valence-electron chi connectivity index (χ0n) is 15.6. The predicted octanol–water partition coefficient (Wildman–Crippen LogP) is 3.61. The molecule has 0 aliphatic rings. The van der Waals surface area contributed by atoms with Gasteiger partial charge in [0.25, 0.3) is 5.56 Å². The largest absolute Gasteiger partial charge is 0.497 e. The molecule has 5 heteroatoms. The molecule has 0 aliphatic carbocycles. The highest BCUT2D eigenvalue weighted by atomic mass is 16.5. The molecule has 0 bridgehead atoms. The van der Waals surface area contributed by atoms with Crippen LogP contribution in [0.1, 0.15) is 16.8 Å². The molecule has 0 spiro atoms. The van der Waals surface area contributed by atoms with E-state index in [9.17, 15) is 4.79 Å². The minimum absolute atomic E-state index is 0.0302. The summed E-state index contributed by atoms with van der Waals surface area (Å²) in [6.07, 6.45) is 6.65. The van der Waals surface area contributed by atoms with Crippen LogP contribution in [-0.4, -0.2) is 21.1 Å². The molecule has 0 aliphatic heterocycles. The van der Waals surface area contributed by atoms with Crippen molar-refractivity contribution in [1.82, 2.24) is 14.0 Å². The molecular weight excluding hydrogens is 338 g/mol. The smallest absolute Gasteiger partial charge is 0.253 e. The van der Waals surface area contributed by atoms with Crippen LogP contribution in [0.2, 0.25) is 0 Å². The fraction of sp³-hybridized carbons (Fsp3) is 0.182. The fourth-order valence-corrected chi connectivity index (χ4v) is 3.32. The van der Waals surface area contributed by atoms with Crippen LogP contribution >= 0.6 is 0 Å². The number of fused-ring (bicyclic) bond motifs is 1. The van der Waals surface area contributed by atoms with E-state index in [0.29, 0.717) is 0 Å². The molecule has 0 radical (unpaired) electrons. The molecule has 0 fully saturated rings. The van der Waals surface area contributed by atoms with Gasteiger partial charge < -0.3 is 13.7 Å². The van der Waals surface area contributed by atoms with Crippen molar-refractivity contribution in [3.63, 3.8) is 0 Å². The summed E-state index contributed by atoms with van der Waals surface area (Å²) in [4.78, 5) is 16.5. The highest BCUT2D eigenvalue weighted by Crippen LogP contribution is 2.22. The first-order chi connectivity index (χ1) is 13.0. The number of benzene rings is 1. The van der Waals surface area contributed by atoms with Crippen LogP contribution in [0.25, 0.3) is 16.8 Å². The van der Waals surface area contributed by atoms with E-state index in [-0.39, 0.29) is 5.56 Å². The third kappa shape index (κ3) is 3.24. The van der Waals surface area contributed by atoms with Crippen molar-refractivity contribution < 1.29 is 4.74 Å². The number of methoxy groups -OCH3 is 1. The molecule has 27 heavy (non-hydrogen) atoms. The number of aromatic nitrogens is 3. The van der Waals surface area contributed by atoms with E-state index < -0.39 is 0 Å². The summed E-state index contributed by atoms with van der Waals surface area (Å²) in [7, 11) is 3.45. The van der Waals surface area contributed by atoms with E-state index in [1.165, 1.54) is 5.56 Å². The lowest BCUT2D eigenvalue weighted by Gasteiger charge is -2.09. The molecule has 4 aromatic rings. The van der Waals surface area contributed by atoms with E-state index >= 15 is 0 Å². The van der Waals surface area contributed by atoms with Crippen molar-refractivity contribution in [2.24, 2.45) is 7.05 Å². The maximum absolute atomic E-state index is 12.0. The van der Waals surface area contributed by atoms with Crippen molar-refractivity contribution in [1.29, 1.82) is 0 Å². The van der Waals surface area contributed by atoms with Gasteiger partial charge in [0.15, 0.2) is 0 Å². The second-order valence-corrected chi connectivity index (χ2v) is 6.75. The SMILES string of the molecule is COc1ccc(Cc2cnc3ccc(-c4cc(C)c(=O)n(C)c4)cn23)cc1. The molecular formula is C22H21N3O2. The molecule has 0 unspecified atom stereocenters. The Morgan fingerprint density at radius 3 is 2.52 bits per heavy atom. The summed E-state index contributed by atoms with van der Waals surface area (Å²) in [6.45, 7) is 1.84. The van der Waals surface area contributed by atoms with Crippen molar-refractivity contribution in [2.75, 3.05) is 7.11 Å². The van der Waals surface area contributed by atoms with Crippen LogP contribution < -0.4 is 10.3 Å². The molecule has 0 N–H and O–H groups in total. The number of rotatable bonds is 4. The van der Waals surface area contributed by atoms with Crippen LogP contribution in [0.3, 0.4) is 0 Å². The molecule has 5 nitrogen and oxygen atoms in total. The zero-order valence-corrected chi connectivity index (χ0v) is 15.6. The Kier molecular flexibility index (Phi) is 4.28. The third-order valence-electron chi connectivity index (χ3n) is 4.82. The zero-order chi connectivity index (χ0) is 19.0. The maximum Gasteiger partial charge on any atom is 0.253 e. The van der Waals surface area contributed by atoms with Gasteiger partial charge in [-0.15, -0.1) is 0 Å². The summed E-state index contributed by atoms with van der Waals surface area (Å²) in [5.41, 5.74) is 6.04. The van der Waals surface area contributed by atoms with Gasteiger partial charge in [-0.1, -0.05) is 12.1 Å². The second kappa shape index (κ2) is 6.76. The Hall–Kier alpha value is -3.34. The quantitative estimate of drug-likeness (QED) is 0.559. The number of aryl methyl sites for hydroxylation is 2. The van der Waals surface area contributed by atoms with Crippen LogP contribution in [0.15, 0.2) is 65.8 Å². The van der Waals surface area contributed by atoms with Crippen molar-refractivity contribution in [3.8, 4) is 16.9 Å². The van der Waals surface area contributed by atoms with Crippen LogP contribution in [0, 0.1) is 6.92 Å². The molecule has 3 heterocycles. The summed E-state index contributed by atoms with van der Waals surface area (Å²) < 4.78 is 8.96. The lowest BCUT2D eigenvalue weighted by atomic mass is 10.1. The Balaban J connectivity index is 1.73. The topological polar surface area (TPSA) is 48.5 Å². The summed E-state index contributed by atoms with van der Waals surface area (Å²) in [5, 5.41) is 0. The monoisotopic (exact) mass is 359 g/mol. The van der Waals surface area contributed by atoms with Crippen LogP contribution in [-0.2, 0) is 13.5 Å². The first-order valence-electron chi connectivity index (χ1n) is 8.82. The fourth-order valence-electron chi connectivity index (χ4n) is 3.32. The maximum atomic E-state index is 12.0.